The van der Waals surface area contributed by atoms with Crippen LogP contribution in [0.1, 0.15) is 83.2 Å². The molecule has 0 radical (unpaired) electrons. The van der Waals surface area contributed by atoms with Crippen LogP contribution >= 0.6 is 11.3 Å². The van der Waals surface area contributed by atoms with Crippen LogP contribution in [0.25, 0.3) is 21.6 Å². The van der Waals surface area contributed by atoms with Gasteiger partial charge in [-0.15, -0.1) is 17.1 Å². The van der Waals surface area contributed by atoms with Gasteiger partial charge in [0.25, 0.3) is 0 Å². The minimum absolute atomic E-state index is 0.0293. The molecule has 0 saturated heterocycles. The lowest BCUT2D eigenvalue weighted by atomic mass is 9.84. The fourth-order valence-electron chi connectivity index (χ4n) is 7.63. The van der Waals surface area contributed by atoms with Gasteiger partial charge in [-0.3, -0.25) is 19.1 Å². The number of carbonyl (C=O) groups is 3. The number of ketones is 1. The summed E-state index contributed by atoms with van der Waals surface area (Å²) in [5.74, 6) is -3.08. The Morgan fingerprint density at radius 1 is 1.13 bits per heavy atom. The number of nitrogens with zero attached hydrogens (tertiary/aromatic N) is 3. The molecule has 2 aromatic heterocycles. The number of rotatable bonds is 8. The van der Waals surface area contributed by atoms with Gasteiger partial charge in [0.1, 0.15) is 33.9 Å². The Morgan fingerprint density at radius 2 is 1.91 bits per heavy atom. The van der Waals surface area contributed by atoms with Gasteiger partial charge in [0.05, 0.1) is 29.4 Å². The molecule has 11 nitrogen and oxygen atoms in total. The maximum Gasteiger partial charge on any atom is 0.240 e. The number of aromatic nitrogens is 2. The number of carbonyl (C=O) groups excluding carboxylic acids is 3. The smallest absolute Gasteiger partial charge is 0.240 e. The maximum atomic E-state index is 15.8. The fourth-order valence-corrected chi connectivity index (χ4v) is 9.95. The zero-order valence-corrected chi connectivity index (χ0v) is 32.0. The van der Waals surface area contributed by atoms with Gasteiger partial charge in [-0.1, -0.05) is 13.8 Å². The molecule has 0 bridgehead atoms. The lowest BCUT2D eigenvalue weighted by Gasteiger charge is -2.25. The number of sulfonamides is 1. The van der Waals surface area contributed by atoms with Crippen LogP contribution in [0.4, 0.5) is 4.39 Å². The zero-order chi connectivity index (χ0) is 37.7. The monoisotopic (exact) mass is 764 g/mol. The Morgan fingerprint density at radius 3 is 2.62 bits per heavy atom. The van der Waals surface area contributed by atoms with Gasteiger partial charge in [-0.05, 0) is 81.6 Å². The van der Waals surface area contributed by atoms with Crippen molar-refractivity contribution in [3.05, 3.63) is 53.0 Å². The summed E-state index contributed by atoms with van der Waals surface area (Å²) in [4.78, 5) is 53.2. The van der Waals surface area contributed by atoms with E-state index in [2.05, 4.69) is 15.4 Å². The number of methoxy groups -OCH3 is 1. The SMILES string of the molecule is COc1ccc2c(O[C@@H]3C[C@H]4C(=O)C[C@]5(C(=O)NS(=O)(=O)C6CC6)C[C@H]5C=C=CCCCCN(C)C(=O)[C@@H]4C3)cc(-c3nc(C(C)C)cs3)nc2c1F. The summed E-state index contributed by atoms with van der Waals surface area (Å²) in [6.07, 6.45) is 6.89. The quantitative estimate of drug-likeness (QED) is 0.260. The first-order valence-electron chi connectivity index (χ1n) is 18.4. The molecule has 3 aliphatic carbocycles. The Kier molecular flexibility index (Phi) is 10.2. The van der Waals surface area contributed by atoms with E-state index < -0.39 is 50.4 Å². The molecule has 3 heterocycles. The molecule has 1 aliphatic heterocycles. The number of pyridine rings is 1. The number of amides is 2. The summed E-state index contributed by atoms with van der Waals surface area (Å²) in [5, 5.41) is 2.36. The van der Waals surface area contributed by atoms with E-state index in [4.69, 9.17) is 14.5 Å². The van der Waals surface area contributed by atoms with Crippen LogP contribution in [0, 0.1) is 29.0 Å². The van der Waals surface area contributed by atoms with Crippen molar-refractivity contribution in [1.82, 2.24) is 19.6 Å². The Hall–Kier alpha value is -4.13. The number of fused-ring (bicyclic) bond motifs is 3. The third-order valence-corrected chi connectivity index (χ3v) is 13.8. The van der Waals surface area contributed by atoms with E-state index in [1.54, 1.807) is 30.2 Å². The van der Waals surface area contributed by atoms with Crippen molar-refractivity contribution < 1.29 is 36.7 Å². The summed E-state index contributed by atoms with van der Waals surface area (Å²) < 4.78 is 55.5. The second kappa shape index (κ2) is 14.6. The van der Waals surface area contributed by atoms with Crippen molar-refractivity contribution >= 4 is 49.9 Å². The Bertz CT molecular complexity index is 2120. The van der Waals surface area contributed by atoms with E-state index in [1.807, 2.05) is 25.3 Å². The summed E-state index contributed by atoms with van der Waals surface area (Å²) in [6.45, 7) is 4.59. The normalized spacial score (nSPS) is 26.6. The van der Waals surface area contributed by atoms with Crippen molar-refractivity contribution in [2.24, 2.45) is 23.2 Å². The molecule has 0 spiro atoms. The number of allylic oxidation sites excluding steroid dienone is 1. The number of ether oxygens (including phenoxy) is 2. The first kappa shape index (κ1) is 37.2. The molecule has 1 N–H and O–H groups in total. The van der Waals surface area contributed by atoms with Gasteiger partial charge in [0, 0.05) is 48.7 Å². The van der Waals surface area contributed by atoms with Gasteiger partial charge in [0.15, 0.2) is 11.6 Å². The number of Topliss-reactive ketones (excluding diaryl/α,β-unsaturated/α-hetero) is 1. The van der Waals surface area contributed by atoms with Crippen LogP contribution < -0.4 is 14.2 Å². The molecule has 0 unspecified atom stereocenters. The third kappa shape index (κ3) is 7.50. The lowest BCUT2D eigenvalue weighted by Crippen LogP contribution is -2.42. The van der Waals surface area contributed by atoms with Crippen LogP contribution in [0.3, 0.4) is 0 Å². The standard InChI is InChI=1S/C39H45FN4O7S2/c1-22(2)30-21-52-36(42-30)29-18-33(26-13-14-32(50-4)34(40)35(26)41-29)51-24-16-27-28(17-24)37(46)44(3)15-9-7-5-6-8-10-23-19-39(23,20-31(27)45)38(47)43-53(48,49)25-11-12-25/h6,10,13-14,18,21-25,27-28H,5,7,9,11-12,15-17,19-20H2,1-4H3,(H,43,47)/t8?,23-,24-,27-,28-,39-/m1/s1. The summed E-state index contributed by atoms with van der Waals surface area (Å²) >= 11 is 1.40. The first-order valence-corrected chi connectivity index (χ1v) is 20.8. The molecule has 7 rings (SSSR count). The van der Waals surface area contributed by atoms with E-state index >= 15 is 4.39 Å². The van der Waals surface area contributed by atoms with E-state index in [0.717, 1.165) is 25.0 Å². The topological polar surface area (TPSA) is 145 Å². The van der Waals surface area contributed by atoms with E-state index in [1.165, 1.54) is 24.5 Å². The highest BCUT2D eigenvalue weighted by Gasteiger charge is 2.62. The molecule has 3 aromatic rings. The highest BCUT2D eigenvalue weighted by molar-refractivity contribution is 7.90. The minimum atomic E-state index is -3.84. The molecular weight excluding hydrogens is 720 g/mol. The molecule has 53 heavy (non-hydrogen) atoms. The van der Waals surface area contributed by atoms with Crippen LogP contribution in [0.15, 0.2) is 41.5 Å². The summed E-state index contributed by atoms with van der Waals surface area (Å²) in [7, 11) is -0.719. The van der Waals surface area contributed by atoms with E-state index in [-0.39, 0.29) is 54.1 Å². The second-order valence-electron chi connectivity index (χ2n) is 15.2. The van der Waals surface area contributed by atoms with Gasteiger partial charge < -0.3 is 14.4 Å². The second-order valence-corrected chi connectivity index (χ2v) is 18.0. The van der Waals surface area contributed by atoms with Crippen LogP contribution in [-0.2, 0) is 24.4 Å². The highest BCUT2D eigenvalue weighted by atomic mass is 32.2. The summed E-state index contributed by atoms with van der Waals surface area (Å²) in [5.41, 5.74) is 3.27. The Labute approximate surface area is 313 Å². The van der Waals surface area contributed by atoms with Crippen molar-refractivity contribution in [3.8, 4) is 22.2 Å². The molecule has 5 atom stereocenters. The third-order valence-electron chi connectivity index (χ3n) is 11.1. The van der Waals surface area contributed by atoms with Crippen molar-refractivity contribution in [2.45, 2.75) is 88.9 Å². The number of benzene rings is 1. The lowest BCUT2D eigenvalue weighted by molar-refractivity contribution is -0.140. The first-order chi connectivity index (χ1) is 25.3. The predicted octanol–water partition coefficient (Wildman–Crippen LogP) is 6.33. The van der Waals surface area contributed by atoms with Gasteiger partial charge in [-0.2, -0.15) is 0 Å². The van der Waals surface area contributed by atoms with E-state index in [0.29, 0.717) is 47.6 Å². The average molecular weight is 765 g/mol. The zero-order valence-electron chi connectivity index (χ0n) is 30.4. The maximum absolute atomic E-state index is 15.8. The average Bonchev–Trinajstić information content (AvgIpc) is 4.00. The largest absolute Gasteiger partial charge is 0.494 e. The van der Waals surface area contributed by atoms with Crippen molar-refractivity contribution in [1.29, 1.82) is 0 Å². The Balaban J connectivity index is 1.22. The summed E-state index contributed by atoms with van der Waals surface area (Å²) in [6, 6.07) is 4.91. The number of halogens is 1. The van der Waals surface area contributed by atoms with Gasteiger partial charge in [0.2, 0.25) is 21.8 Å². The van der Waals surface area contributed by atoms with E-state index in [9.17, 15) is 22.8 Å². The molecule has 4 aliphatic rings. The molecule has 1 aromatic carbocycles. The van der Waals surface area contributed by atoms with Crippen LogP contribution in [-0.4, -0.2) is 72.9 Å². The van der Waals surface area contributed by atoms with Crippen LogP contribution in [0.5, 0.6) is 11.5 Å². The number of hydrogen-bond donors (Lipinski definition) is 1. The number of hydrogen-bond acceptors (Lipinski definition) is 10. The molecule has 14 heteroatoms. The number of thiazole rings is 1. The molecule has 282 valence electrons. The highest BCUT2D eigenvalue weighted by Crippen LogP contribution is 2.58. The molecule has 3 saturated carbocycles. The minimum Gasteiger partial charge on any atom is -0.494 e. The molecule has 2 amide bonds. The van der Waals surface area contributed by atoms with Gasteiger partial charge >= 0.3 is 0 Å². The molecular formula is C39H45FN4O7S2. The van der Waals surface area contributed by atoms with Gasteiger partial charge in [-0.25, -0.2) is 22.8 Å². The van der Waals surface area contributed by atoms with Crippen molar-refractivity contribution in [2.75, 3.05) is 20.7 Å². The van der Waals surface area contributed by atoms with Crippen LogP contribution in [0.2, 0.25) is 0 Å². The van der Waals surface area contributed by atoms with Crippen molar-refractivity contribution in [3.63, 3.8) is 0 Å². The molecule has 3 fully saturated rings. The number of nitrogens with one attached hydrogen (secondary N) is 1. The predicted molar refractivity (Wildman–Crippen MR) is 198 cm³/mol. The fraction of sp³-hybridized carbons (Fsp3) is 0.538.